The summed E-state index contributed by atoms with van der Waals surface area (Å²) in [5.41, 5.74) is -0.980. The number of aliphatic hydroxyl groups is 1. The minimum atomic E-state index is -1.38. The zero-order valence-corrected chi connectivity index (χ0v) is 25.4. The van der Waals surface area contributed by atoms with Gasteiger partial charge in [0.2, 0.25) is 11.8 Å². The summed E-state index contributed by atoms with van der Waals surface area (Å²) in [6.45, 7) is 5.87. The molecule has 0 aliphatic heterocycles. The second-order valence-electron chi connectivity index (χ2n) is 9.79. The van der Waals surface area contributed by atoms with Crippen molar-refractivity contribution in [1.29, 1.82) is 0 Å². The summed E-state index contributed by atoms with van der Waals surface area (Å²) < 4.78 is 5.26. The standard InChI is InChI=1S/C32H50N2O5S/c1-4-5-6-7-8-9-10-11-12-13-14-15-16-17-18-19-20-21-22-29(36)39-27-32(2,3)30(37)31(38)34-24-23-28(35)33-25-26-40/h5-6,8-9,11-12,14-15,17-18,20-21,30,37,40H,4,7,10,13,16,19,22-27H2,1-3H3,(H,33,35)(H,34,38)/b6-5-,9-8-,12-11+,15-14-,18-17-,21-20-/t30-/m0/s1. The number of thiol groups is 1. The van der Waals surface area contributed by atoms with Crippen molar-refractivity contribution in [3.8, 4) is 0 Å². The van der Waals surface area contributed by atoms with Crippen LogP contribution in [-0.4, -0.2) is 54.4 Å². The van der Waals surface area contributed by atoms with Gasteiger partial charge in [-0.25, -0.2) is 0 Å². The van der Waals surface area contributed by atoms with Crippen LogP contribution in [0.2, 0.25) is 0 Å². The fraction of sp³-hybridized carbons (Fsp3) is 0.531. The fourth-order valence-corrected chi connectivity index (χ4v) is 3.25. The molecule has 0 aromatic heterocycles. The molecule has 7 nitrogen and oxygen atoms in total. The number of carbonyl (C=O) groups is 3. The summed E-state index contributed by atoms with van der Waals surface area (Å²) in [6.07, 6.45) is 29.5. The van der Waals surface area contributed by atoms with Crippen LogP contribution in [0.1, 0.15) is 72.1 Å². The van der Waals surface area contributed by atoms with Crippen LogP contribution in [0.3, 0.4) is 0 Å². The average Bonchev–Trinajstić information content (AvgIpc) is 2.93. The molecular weight excluding hydrogens is 524 g/mol. The lowest BCUT2D eigenvalue weighted by Gasteiger charge is -2.28. The quantitative estimate of drug-likeness (QED) is 0.0770. The lowest BCUT2D eigenvalue weighted by atomic mass is 9.87. The van der Waals surface area contributed by atoms with Crippen molar-refractivity contribution in [2.45, 2.75) is 78.2 Å². The summed E-state index contributed by atoms with van der Waals surface area (Å²) in [4.78, 5) is 35.8. The van der Waals surface area contributed by atoms with Crippen molar-refractivity contribution < 1.29 is 24.2 Å². The molecule has 2 amide bonds. The molecule has 224 valence electrons. The topological polar surface area (TPSA) is 105 Å². The van der Waals surface area contributed by atoms with E-state index in [0.717, 1.165) is 38.5 Å². The summed E-state index contributed by atoms with van der Waals surface area (Å²) in [5, 5.41) is 15.5. The molecule has 0 saturated heterocycles. The van der Waals surface area contributed by atoms with Gasteiger partial charge < -0.3 is 20.5 Å². The second kappa shape index (κ2) is 25.1. The predicted molar refractivity (Wildman–Crippen MR) is 168 cm³/mol. The Balaban J connectivity index is 4.03. The maximum Gasteiger partial charge on any atom is 0.309 e. The molecule has 3 N–H and O–H groups in total. The van der Waals surface area contributed by atoms with E-state index in [1.54, 1.807) is 19.9 Å². The first-order chi connectivity index (χ1) is 19.2. The minimum Gasteiger partial charge on any atom is -0.465 e. The summed E-state index contributed by atoms with van der Waals surface area (Å²) >= 11 is 4.01. The molecule has 0 aliphatic rings. The van der Waals surface area contributed by atoms with E-state index < -0.39 is 23.4 Å². The molecule has 0 bridgehead atoms. The number of allylic oxidation sites excluding steroid dienone is 11. The third-order valence-electron chi connectivity index (χ3n) is 5.56. The zero-order chi connectivity index (χ0) is 29.9. The van der Waals surface area contributed by atoms with E-state index in [1.807, 2.05) is 12.2 Å². The summed E-state index contributed by atoms with van der Waals surface area (Å²) in [7, 11) is 0. The maximum absolute atomic E-state index is 12.2. The number of amides is 2. The first-order valence-corrected chi connectivity index (χ1v) is 14.8. The average molecular weight is 575 g/mol. The lowest BCUT2D eigenvalue weighted by molar-refractivity contribution is -0.152. The Kier molecular flexibility index (Phi) is 23.4. The molecule has 40 heavy (non-hydrogen) atoms. The van der Waals surface area contributed by atoms with Crippen molar-refractivity contribution in [3.63, 3.8) is 0 Å². The van der Waals surface area contributed by atoms with Gasteiger partial charge in [-0.3, -0.25) is 14.4 Å². The highest BCUT2D eigenvalue weighted by Gasteiger charge is 2.34. The highest BCUT2D eigenvalue weighted by molar-refractivity contribution is 7.80. The van der Waals surface area contributed by atoms with Gasteiger partial charge in [0, 0.05) is 30.7 Å². The molecule has 0 spiro atoms. The Morgan fingerprint density at radius 2 is 1.25 bits per heavy atom. The van der Waals surface area contributed by atoms with E-state index in [9.17, 15) is 19.5 Å². The van der Waals surface area contributed by atoms with Gasteiger partial charge in [-0.1, -0.05) is 93.7 Å². The first kappa shape index (κ1) is 37.2. The Hall–Kier alpha value is -2.84. The summed E-state index contributed by atoms with van der Waals surface area (Å²) in [6, 6.07) is 0. The van der Waals surface area contributed by atoms with Crippen molar-refractivity contribution in [2.75, 3.05) is 25.4 Å². The molecule has 0 heterocycles. The van der Waals surface area contributed by atoms with Gasteiger partial charge in [0.15, 0.2) is 0 Å². The van der Waals surface area contributed by atoms with Gasteiger partial charge in [-0.2, -0.15) is 12.6 Å². The Morgan fingerprint density at radius 3 is 1.73 bits per heavy atom. The zero-order valence-electron chi connectivity index (χ0n) is 24.5. The molecular formula is C32H50N2O5S. The van der Waals surface area contributed by atoms with Gasteiger partial charge in [-0.05, 0) is 38.5 Å². The van der Waals surface area contributed by atoms with E-state index >= 15 is 0 Å². The number of hydrogen-bond acceptors (Lipinski definition) is 6. The number of hydrogen-bond donors (Lipinski definition) is 4. The Morgan fingerprint density at radius 1 is 0.775 bits per heavy atom. The van der Waals surface area contributed by atoms with Gasteiger partial charge in [0.1, 0.15) is 6.10 Å². The third-order valence-corrected chi connectivity index (χ3v) is 5.78. The van der Waals surface area contributed by atoms with Crippen molar-refractivity contribution in [1.82, 2.24) is 10.6 Å². The number of rotatable bonds is 22. The number of carbonyl (C=O) groups excluding carboxylic acids is 3. The van der Waals surface area contributed by atoms with E-state index in [-0.39, 0.29) is 31.9 Å². The monoisotopic (exact) mass is 574 g/mol. The number of esters is 1. The van der Waals surface area contributed by atoms with Crippen LogP contribution < -0.4 is 10.6 Å². The highest BCUT2D eigenvalue weighted by atomic mass is 32.1. The molecule has 0 aliphatic carbocycles. The third kappa shape index (κ3) is 22.0. The predicted octanol–water partition coefficient (Wildman–Crippen LogP) is 5.56. The van der Waals surface area contributed by atoms with Crippen molar-refractivity contribution in [3.05, 3.63) is 72.9 Å². The fourth-order valence-electron chi connectivity index (χ4n) is 3.14. The highest BCUT2D eigenvalue weighted by Crippen LogP contribution is 2.21. The van der Waals surface area contributed by atoms with Crippen LogP contribution in [0.4, 0.5) is 0 Å². The molecule has 0 unspecified atom stereocenters. The Bertz CT molecular complexity index is 888. The van der Waals surface area contributed by atoms with Crippen LogP contribution in [0.5, 0.6) is 0 Å². The van der Waals surface area contributed by atoms with E-state index in [0.29, 0.717) is 12.3 Å². The van der Waals surface area contributed by atoms with Crippen LogP contribution in [0.25, 0.3) is 0 Å². The minimum absolute atomic E-state index is 0.104. The summed E-state index contributed by atoms with van der Waals surface area (Å²) in [5.74, 6) is -0.711. The molecule has 0 rings (SSSR count). The molecule has 0 saturated carbocycles. The van der Waals surface area contributed by atoms with Gasteiger partial charge in [0.05, 0.1) is 13.0 Å². The van der Waals surface area contributed by atoms with Crippen molar-refractivity contribution >= 4 is 30.4 Å². The second-order valence-corrected chi connectivity index (χ2v) is 10.2. The molecule has 0 aromatic carbocycles. The van der Waals surface area contributed by atoms with Gasteiger partial charge in [0.25, 0.3) is 0 Å². The SMILES string of the molecule is CC/C=C\C/C=C\C/C=C/C/C=C\C/C=C\C/C=C\CC(=O)OCC(C)(C)[C@@H](O)C(=O)NCCC(=O)NCCS. The molecule has 0 aromatic rings. The van der Waals surface area contributed by atoms with E-state index in [2.05, 4.69) is 84.9 Å². The molecule has 0 radical (unpaired) electrons. The molecule has 0 fully saturated rings. The lowest BCUT2D eigenvalue weighted by Crippen LogP contribution is -2.47. The van der Waals surface area contributed by atoms with E-state index in [1.165, 1.54) is 0 Å². The largest absolute Gasteiger partial charge is 0.465 e. The maximum atomic E-state index is 12.2. The molecule has 8 heteroatoms. The smallest absolute Gasteiger partial charge is 0.309 e. The van der Waals surface area contributed by atoms with Gasteiger partial charge in [-0.15, -0.1) is 0 Å². The first-order valence-electron chi connectivity index (χ1n) is 14.1. The van der Waals surface area contributed by atoms with Gasteiger partial charge >= 0.3 is 5.97 Å². The van der Waals surface area contributed by atoms with Crippen LogP contribution in [-0.2, 0) is 19.1 Å². The normalized spacial score (nSPS) is 13.4. The Labute approximate surface area is 247 Å². The number of aliphatic hydroxyl groups excluding tert-OH is 1. The molecule has 1 atom stereocenters. The van der Waals surface area contributed by atoms with Crippen LogP contribution >= 0.6 is 12.6 Å². The van der Waals surface area contributed by atoms with Crippen LogP contribution in [0, 0.1) is 5.41 Å². The van der Waals surface area contributed by atoms with Crippen molar-refractivity contribution in [2.24, 2.45) is 5.41 Å². The van der Waals surface area contributed by atoms with E-state index in [4.69, 9.17) is 4.74 Å². The number of nitrogens with one attached hydrogen (secondary N) is 2. The number of ether oxygens (including phenoxy) is 1. The van der Waals surface area contributed by atoms with Crippen LogP contribution in [0.15, 0.2) is 72.9 Å².